The fourth-order valence-electron chi connectivity index (χ4n) is 7.79. The molecular formula is C46H32N6. The molecule has 0 fully saturated rings. The molecule has 0 atom stereocenters. The molecule has 0 aliphatic heterocycles. The molecular weight excluding hydrogens is 637 g/mol. The fraction of sp³-hybridized carbons (Fsp3) is 0.0652. The van der Waals surface area contributed by atoms with Gasteiger partial charge in [-0.1, -0.05) is 135 Å². The molecule has 52 heavy (non-hydrogen) atoms. The summed E-state index contributed by atoms with van der Waals surface area (Å²) >= 11 is 0. The van der Waals surface area contributed by atoms with E-state index >= 15 is 0 Å². The van der Waals surface area contributed by atoms with Crippen LogP contribution < -0.4 is 0 Å². The van der Waals surface area contributed by atoms with Crippen LogP contribution in [0.3, 0.4) is 0 Å². The van der Waals surface area contributed by atoms with Crippen LogP contribution in [0.1, 0.15) is 25.0 Å². The lowest BCUT2D eigenvalue weighted by molar-refractivity contribution is 0.656. The Kier molecular flexibility index (Phi) is 6.73. The van der Waals surface area contributed by atoms with Crippen LogP contribution >= 0.6 is 0 Å². The Bertz CT molecular complexity index is 2750. The Balaban J connectivity index is 1.25. The summed E-state index contributed by atoms with van der Waals surface area (Å²) < 4.78 is 2.32. The first-order valence-electron chi connectivity index (χ1n) is 17.5. The molecule has 9 aromatic rings. The monoisotopic (exact) mass is 668 g/mol. The van der Waals surface area contributed by atoms with E-state index in [0.29, 0.717) is 29.0 Å². The van der Waals surface area contributed by atoms with E-state index in [1.54, 1.807) is 0 Å². The standard InChI is InChI=1S/C46H32N6/c1-46(2)36-24-14-12-23-34(36)40-39(46)41(45-50-42(29-16-6-3-7-17-29)49-43(51-45)30-18-8-4-9-19-30)48-44(47-40)31-26-27-38-35(28-31)33-22-13-15-25-37(33)52(38)32-20-10-5-11-21-32/h3-28H,1-2H3. The first kappa shape index (κ1) is 30.1. The second-order valence-corrected chi connectivity index (χ2v) is 13.7. The molecule has 10 rings (SSSR count). The van der Waals surface area contributed by atoms with Gasteiger partial charge in [0, 0.05) is 49.7 Å². The van der Waals surface area contributed by atoms with E-state index in [0.717, 1.165) is 55.6 Å². The van der Waals surface area contributed by atoms with Crippen LogP contribution in [-0.2, 0) is 5.41 Å². The molecule has 246 valence electrons. The molecule has 0 spiro atoms. The lowest BCUT2D eigenvalue weighted by Crippen LogP contribution is -2.18. The SMILES string of the molecule is CC1(C)c2ccccc2-c2nc(-c3ccc4c(c3)c3ccccc3n4-c3ccccc3)nc(-c3nc(-c4ccccc4)nc(-c4ccccc4)n3)c21. The van der Waals surface area contributed by atoms with Crippen molar-refractivity contribution in [3.63, 3.8) is 0 Å². The summed E-state index contributed by atoms with van der Waals surface area (Å²) in [6, 6.07) is 54.3. The minimum atomic E-state index is -0.390. The highest BCUT2D eigenvalue weighted by molar-refractivity contribution is 6.10. The van der Waals surface area contributed by atoms with E-state index in [2.05, 4.69) is 115 Å². The minimum absolute atomic E-state index is 0.390. The topological polar surface area (TPSA) is 69.4 Å². The Labute approximate surface area is 301 Å². The van der Waals surface area contributed by atoms with Crippen molar-refractivity contribution in [1.82, 2.24) is 29.5 Å². The Morgan fingerprint density at radius 3 is 1.67 bits per heavy atom. The molecule has 0 amide bonds. The molecule has 0 N–H and O–H groups in total. The second kappa shape index (κ2) is 11.6. The van der Waals surface area contributed by atoms with Crippen molar-refractivity contribution in [2.75, 3.05) is 0 Å². The lowest BCUT2D eigenvalue weighted by atomic mass is 9.81. The third-order valence-electron chi connectivity index (χ3n) is 10.2. The van der Waals surface area contributed by atoms with Gasteiger partial charge in [-0.05, 0) is 42.0 Å². The molecule has 1 aliphatic carbocycles. The van der Waals surface area contributed by atoms with Crippen LogP contribution in [0.25, 0.3) is 84.4 Å². The van der Waals surface area contributed by atoms with E-state index in [-0.39, 0.29) is 5.41 Å². The summed E-state index contributed by atoms with van der Waals surface area (Å²) in [6.07, 6.45) is 0. The molecule has 0 bridgehead atoms. The second-order valence-electron chi connectivity index (χ2n) is 13.7. The maximum atomic E-state index is 5.41. The number of aromatic nitrogens is 6. The predicted molar refractivity (Wildman–Crippen MR) is 209 cm³/mol. The molecule has 0 radical (unpaired) electrons. The maximum Gasteiger partial charge on any atom is 0.182 e. The van der Waals surface area contributed by atoms with Gasteiger partial charge in [-0.2, -0.15) is 0 Å². The van der Waals surface area contributed by atoms with Gasteiger partial charge in [0.15, 0.2) is 23.3 Å². The van der Waals surface area contributed by atoms with E-state index in [1.165, 1.54) is 10.9 Å². The first-order valence-corrected chi connectivity index (χ1v) is 17.5. The molecule has 0 unspecified atom stereocenters. The molecule has 6 nitrogen and oxygen atoms in total. The number of benzene rings is 6. The number of hydrogen-bond acceptors (Lipinski definition) is 5. The van der Waals surface area contributed by atoms with Crippen molar-refractivity contribution in [1.29, 1.82) is 0 Å². The van der Waals surface area contributed by atoms with Crippen molar-refractivity contribution >= 4 is 21.8 Å². The average molecular weight is 669 g/mol. The zero-order valence-corrected chi connectivity index (χ0v) is 28.7. The Morgan fingerprint density at radius 2 is 0.962 bits per heavy atom. The number of rotatable bonds is 5. The van der Waals surface area contributed by atoms with E-state index < -0.39 is 0 Å². The highest BCUT2D eigenvalue weighted by Gasteiger charge is 2.41. The number of para-hydroxylation sites is 2. The van der Waals surface area contributed by atoms with Gasteiger partial charge in [0.05, 0.1) is 16.7 Å². The van der Waals surface area contributed by atoms with Crippen molar-refractivity contribution in [2.45, 2.75) is 19.3 Å². The van der Waals surface area contributed by atoms with Gasteiger partial charge in [-0.25, -0.2) is 24.9 Å². The van der Waals surface area contributed by atoms with Gasteiger partial charge in [-0.3, -0.25) is 0 Å². The van der Waals surface area contributed by atoms with E-state index in [9.17, 15) is 0 Å². The number of fused-ring (bicyclic) bond motifs is 6. The van der Waals surface area contributed by atoms with Gasteiger partial charge in [0.1, 0.15) is 5.69 Å². The summed E-state index contributed by atoms with van der Waals surface area (Å²) in [7, 11) is 0. The van der Waals surface area contributed by atoms with Gasteiger partial charge >= 0.3 is 0 Å². The van der Waals surface area contributed by atoms with Crippen molar-refractivity contribution in [2.24, 2.45) is 0 Å². The molecule has 0 saturated carbocycles. The molecule has 3 aromatic heterocycles. The van der Waals surface area contributed by atoms with Crippen molar-refractivity contribution < 1.29 is 0 Å². The highest BCUT2D eigenvalue weighted by atomic mass is 15.1. The largest absolute Gasteiger partial charge is 0.309 e. The lowest BCUT2D eigenvalue weighted by Gasteiger charge is -2.23. The van der Waals surface area contributed by atoms with Crippen LogP contribution in [0.5, 0.6) is 0 Å². The summed E-state index contributed by atoms with van der Waals surface area (Å²) in [5, 5.41) is 2.31. The molecule has 6 heteroatoms. The van der Waals surface area contributed by atoms with E-state index in [4.69, 9.17) is 24.9 Å². The first-order chi connectivity index (χ1) is 25.5. The fourth-order valence-corrected chi connectivity index (χ4v) is 7.79. The van der Waals surface area contributed by atoms with Gasteiger partial charge < -0.3 is 4.57 Å². The van der Waals surface area contributed by atoms with Gasteiger partial charge in [-0.15, -0.1) is 0 Å². The Morgan fingerprint density at radius 1 is 0.423 bits per heavy atom. The van der Waals surface area contributed by atoms with E-state index in [1.807, 2.05) is 60.7 Å². The third kappa shape index (κ3) is 4.68. The predicted octanol–water partition coefficient (Wildman–Crippen LogP) is 10.7. The van der Waals surface area contributed by atoms with Crippen molar-refractivity contribution in [3.8, 4) is 62.6 Å². The smallest absolute Gasteiger partial charge is 0.182 e. The van der Waals surface area contributed by atoms with Crippen LogP contribution in [0.2, 0.25) is 0 Å². The van der Waals surface area contributed by atoms with Crippen LogP contribution in [-0.4, -0.2) is 29.5 Å². The summed E-state index contributed by atoms with van der Waals surface area (Å²) in [5.41, 5.74) is 10.7. The zero-order chi connectivity index (χ0) is 34.8. The van der Waals surface area contributed by atoms with Gasteiger partial charge in [0.2, 0.25) is 0 Å². The third-order valence-corrected chi connectivity index (χ3v) is 10.2. The average Bonchev–Trinajstić information content (AvgIpc) is 3.66. The minimum Gasteiger partial charge on any atom is -0.309 e. The summed E-state index contributed by atoms with van der Waals surface area (Å²) in [4.78, 5) is 26.1. The zero-order valence-electron chi connectivity index (χ0n) is 28.7. The quantitative estimate of drug-likeness (QED) is 0.183. The molecule has 0 saturated heterocycles. The molecule has 1 aliphatic rings. The molecule has 3 heterocycles. The van der Waals surface area contributed by atoms with Crippen LogP contribution in [0.15, 0.2) is 158 Å². The van der Waals surface area contributed by atoms with Crippen molar-refractivity contribution in [3.05, 3.63) is 169 Å². The van der Waals surface area contributed by atoms with Gasteiger partial charge in [0.25, 0.3) is 0 Å². The number of hydrogen-bond donors (Lipinski definition) is 0. The number of nitrogens with zero attached hydrogens (tertiary/aromatic N) is 6. The van der Waals surface area contributed by atoms with Crippen LogP contribution in [0, 0.1) is 0 Å². The Hall–Kier alpha value is -6.79. The van der Waals surface area contributed by atoms with Crippen LogP contribution in [0.4, 0.5) is 0 Å². The highest BCUT2D eigenvalue weighted by Crippen LogP contribution is 2.51. The maximum absolute atomic E-state index is 5.41. The summed E-state index contributed by atoms with van der Waals surface area (Å²) in [6.45, 7) is 4.48. The molecule has 6 aromatic carbocycles. The summed E-state index contributed by atoms with van der Waals surface area (Å²) in [5.74, 6) is 2.35. The normalized spacial score (nSPS) is 13.0.